The van der Waals surface area contributed by atoms with Gasteiger partial charge in [0.05, 0.1) is 0 Å². The molecule has 21 heavy (non-hydrogen) atoms. The Kier molecular flexibility index (Phi) is 5.41. The molecule has 2 nitrogen and oxygen atoms in total. The van der Waals surface area contributed by atoms with Gasteiger partial charge in [0.1, 0.15) is 0 Å². The fourth-order valence-corrected chi connectivity index (χ4v) is 4.14. The molecule has 0 radical (unpaired) electrons. The molecule has 1 unspecified atom stereocenters. The van der Waals surface area contributed by atoms with Crippen molar-refractivity contribution in [2.45, 2.75) is 85.2 Å². The van der Waals surface area contributed by atoms with Gasteiger partial charge in [-0.25, -0.2) is 0 Å². The topological polar surface area (TPSA) is 6.48 Å². The Balaban J connectivity index is 1.78. The van der Waals surface area contributed by atoms with E-state index in [4.69, 9.17) is 0 Å². The van der Waals surface area contributed by atoms with Crippen molar-refractivity contribution in [2.75, 3.05) is 26.7 Å². The summed E-state index contributed by atoms with van der Waals surface area (Å²) in [5.41, 5.74) is 0.964. The Bertz CT molecular complexity index is 329. The summed E-state index contributed by atoms with van der Waals surface area (Å²) < 4.78 is 0. The van der Waals surface area contributed by atoms with Crippen LogP contribution in [0.2, 0.25) is 0 Å². The zero-order valence-electron chi connectivity index (χ0n) is 15.4. The molecule has 2 rings (SSSR count). The third-order valence-corrected chi connectivity index (χ3v) is 5.65. The van der Waals surface area contributed by atoms with Crippen molar-refractivity contribution in [1.82, 2.24) is 9.80 Å². The van der Waals surface area contributed by atoms with Crippen LogP contribution in [0.5, 0.6) is 0 Å². The minimum atomic E-state index is 0.470. The highest BCUT2D eigenvalue weighted by molar-refractivity contribution is 4.88. The van der Waals surface area contributed by atoms with Crippen LogP contribution < -0.4 is 0 Å². The van der Waals surface area contributed by atoms with Gasteiger partial charge in [-0.3, -0.25) is 0 Å². The van der Waals surface area contributed by atoms with Crippen LogP contribution in [0, 0.1) is 10.8 Å². The van der Waals surface area contributed by atoms with Crippen molar-refractivity contribution in [1.29, 1.82) is 0 Å². The standard InChI is InChI=1S/C19H38N2/c1-18(2,3)14-17-8-7-11-21(17)13-10-19(4,5)15-16-9-12-20(16)6/h16-17H,7-15H2,1-6H3/t16?,17-/m0/s1. The van der Waals surface area contributed by atoms with E-state index in [2.05, 4.69) is 51.5 Å². The lowest BCUT2D eigenvalue weighted by molar-refractivity contribution is 0.0706. The summed E-state index contributed by atoms with van der Waals surface area (Å²) >= 11 is 0. The van der Waals surface area contributed by atoms with Crippen molar-refractivity contribution in [3.63, 3.8) is 0 Å². The van der Waals surface area contributed by atoms with Gasteiger partial charge in [0.15, 0.2) is 0 Å². The van der Waals surface area contributed by atoms with Crippen molar-refractivity contribution in [2.24, 2.45) is 10.8 Å². The highest BCUT2D eigenvalue weighted by Gasteiger charge is 2.33. The molecule has 2 aliphatic heterocycles. The summed E-state index contributed by atoms with van der Waals surface area (Å²) in [7, 11) is 2.28. The predicted octanol–water partition coefficient (Wildman–Crippen LogP) is 4.40. The minimum Gasteiger partial charge on any atom is -0.303 e. The first-order valence-electron chi connectivity index (χ1n) is 9.11. The Labute approximate surface area is 133 Å². The van der Waals surface area contributed by atoms with Crippen molar-refractivity contribution < 1.29 is 0 Å². The van der Waals surface area contributed by atoms with Crippen LogP contribution in [-0.2, 0) is 0 Å². The zero-order valence-corrected chi connectivity index (χ0v) is 15.4. The molecule has 2 atom stereocenters. The summed E-state index contributed by atoms with van der Waals surface area (Å²) in [6, 6.07) is 1.69. The molecule has 0 aromatic carbocycles. The molecule has 0 N–H and O–H groups in total. The van der Waals surface area contributed by atoms with E-state index in [1.54, 1.807) is 0 Å². The molecule has 0 aromatic heterocycles. The van der Waals surface area contributed by atoms with E-state index >= 15 is 0 Å². The summed E-state index contributed by atoms with van der Waals surface area (Å²) in [6.07, 6.45) is 8.34. The van der Waals surface area contributed by atoms with Crippen LogP contribution in [-0.4, -0.2) is 48.6 Å². The van der Waals surface area contributed by atoms with E-state index in [0.29, 0.717) is 10.8 Å². The third-order valence-electron chi connectivity index (χ3n) is 5.65. The van der Waals surface area contributed by atoms with E-state index in [1.807, 2.05) is 0 Å². The minimum absolute atomic E-state index is 0.470. The zero-order chi connectivity index (χ0) is 15.7. The van der Waals surface area contributed by atoms with E-state index < -0.39 is 0 Å². The second kappa shape index (κ2) is 6.58. The highest BCUT2D eigenvalue weighted by Crippen LogP contribution is 2.35. The van der Waals surface area contributed by atoms with Gasteiger partial charge in [0, 0.05) is 12.1 Å². The van der Waals surface area contributed by atoms with Crippen LogP contribution in [0.4, 0.5) is 0 Å². The van der Waals surface area contributed by atoms with Gasteiger partial charge in [-0.05, 0) is 76.0 Å². The summed E-state index contributed by atoms with van der Waals surface area (Å²) in [6.45, 7) is 16.1. The first kappa shape index (κ1) is 17.3. The molecule has 0 bridgehead atoms. The largest absolute Gasteiger partial charge is 0.303 e. The maximum Gasteiger partial charge on any atom is 0.0109 e. The summed E-state index contributed by atoms with van der Waals surface area (Å²) in [5.74, 6) is 0. The maximum absolute atomic E-state index is 2.79. The third kappa shape index (κ3) is 5.25. The molecular formula is C19H38N2. The number of hydrogen-bond donors (Lipinski definition) is 0. The normalized spacial score (nSPS) is 28.9. The molecule has 2 saturated heterocycles. The molecule has 2 fully saturated rings. The van der Waals surface area contributed by atoms with Crippen LogP contribution in [0.1, 0.15) is 73.1 Å². The van der Waals surface area contributed by atoms with Gasteiger partial charge in [0.25, 0.3) is 0 Å². The van der Waals surface area contributed by atoms with E-state index in [0.717, 1.165) is 12.1 Å². The van der Waals surface area contributed by atoms with E-state index in [9.17, 15) is 0 Å². The lowest BCUT2D eigenvalue weighted by Gasteiger charge is -2.43. The fraction of sp³-hybridized carbons (Fsp3) is 1.00. The average Bonchev–Trinajstić information content (AvgIpc) is 2.77. The Hall–Kier alpha value is -0.0800. The lowest BCUT2D eigenvalue weighted by atomic mass is 9.79. The van der Waals surface area contributed by atoms with Gasteiger partial charge < -0.3 is 9.80 Å². The van der Waals surface area contributed by atoms with Gasteiger partial charge >= 0.3 is 0 Å². The molecule has 0 aromatic rings. The van der Waals surface area contributed by atoms with Gasteiger partial charge in [0.2, 0.25) is 0 Å². The Morgan fingerprint density at radius 1 is 0.905 bits per heavy atom. The number of nitrogens with zero attached hydrogens (tertiary/aromatic N) is 2. The lowest BCUT2D eigenvalue weighted by Crippen LogP contribution is -2.47. The second-order valence-corrected chi connectivity index (χ2v) is 9.64. The molecule has 0 amide bonds. The van der Waals surface area contributed by atoms with Gasteiger partial charge in [-0.2, -0.15) is 0 Å². The summed E-state index contributed by atoms with van der Waals surface area (Å²) in [5, 5.41) is 0. The molecule has 0 aliphatic carbocycles. The first-order chi connectivity index (χ1) is 9.66. The molecule has 0 spiro atoms. The van der Waals surface area contributed by atoms with E-state index in [1.165, 1.54) is 58.2 Å². The van der Waals surface area contributed by atoms with Crippen LogP contribution in [0.3, 0.4) is 0 Å². The maximum atomic E-state index is 2.79. The van der Waals surface area contributed by atoms with Gasteiger partial charge in [-0.15, -0.1) is 0 Å². The number of likely N-dealkylation sites (tertiary alicyclic amines) is 2. The SMILES string of the molecule is CN1CCC1CC(C)(C)CCN1CCC[C@H]1CC(C)(C)C. The number of hydrogen-bond acceptors (Lipinski definition) is 2. The average molecular weight is 295 g/mol. The number of rotatable bonds is 6. The van der Waals surface area contributed by atoms with Crippen molar-refractivity contribution in [3.05, 3.63) is 0 Å². The summed E-state index contributed by atoms with van der Waals surface area (Å²) in [4.78, 5) is 5.32. The Morgan fingerprint density at radius 3 is 2.14 bits per heavy atom. The smallest absolute Gasteiger partial charge is 0.0109 e. The second-order valence-electron chi connectivity index (χ2n) is 9.64. The van der Waals surface area contributed by atoms with Crippen molar-refractivity contribution in [3.8, 4) is 0 Å². The molecule has 2 heterocycles. The predicted molar refractivity (Wildman–Crippen MR) is 92.7 cm³/mol. The Morgan fingerprint density at radius 2 is 1.62 bits per heavy atom. The molecule has 124 valence electrons. The van der Waals surface area contributed by atoms with E-state index in [-0.39, 0.29) is 0 Å². The van der Waals surface area contributed by atoms with Gasteiger partial charge in [-0.1, -0.05) is 34.6 Å². The van der Waals surface area contributed by atoms with Crippen molar-refractivity contribution >= 4 is 0 Å². The first-order valence-corrected chi connectivity index (χ1v) is 9.11. The monoisotopic (exact) mass is 294 g/mol. The molecule has 2 heteroatoms. The highest BCUT2D eigenvalue weighted by atomic mass is 15.2. The van der Waals surface area contributed by atoms with Crippen LogP contribution in [0.25, 0.3) is 0 Å². The fourth-order valence-electron chi connectivity index (χ4n) is 4.14. The molecule has 0 saturated carbocycles. The van der Waals surface area contributed by atoms with Crippen LogP contribution in [0.15, 0.2) is 0 Å². The molecule has 2 aliphatic rings. The molecular weight excluding hydrogens is 256 g/mol. The quantitative estimate of drug-likeness (QED) is 0.716. The van der Waals surface area contributed by atoms with Crippen LogP contribution >= 0.6 is 0 Å².